The summed E-state index contributed by atoms with van der Waals surface area (Å²) < 4.78 is 1.50. The SMILES string of the molecule is CCC(=O)N[C@H](Cc1ccc(NC(=O)[C@@H](NC(=O)c2ccnn2C)C2CCCCCC2)cc1)C(=O)N1CCN(C)CC1. The quantitative estimate of drug-likeness (QED) is 0.371. The normalized spacial score (nSPS) is 18.0. The van der Waals surface area contributed by atoms with E-state index in [0.717, 1.165) is 57.2 Å². The zero-order valence-electron chi connectivity index (χ0n) is 25.1. The lowest BCUT2D eigenvalue weighted by molar-refractivity contribution is -0.137. The van der Waals surface area contributed by atoms with Gasteiger partial charge in [0.25, 0.3) is 5.91 Å². The van der Waals surface area contributed by atoms with E-state index in [9.17, 15) is 19.2 Å². The third-order valence-corrected chi connectivity index (χ3v) is 8.42. The minimum absolute atomic E-state index is 0.0486. The van der Waals surface area contributed by atoms with Crippen molar-refractivity contribution < 1.29 is 19.2 Å². The van der Waals surface area contributed by atoms with Crippen LogP contribution in [0.3, 0.4) is 0 Å². The summed E-state index contributed by atoms with van der Waals surface area (Å²) in [5, 5.41) is 13.0. The van der Waals surface area contributed by atoms with Gasteiger partial charge in [-0.25, -0.2) is 0 Å². The summed E-state index contributed by atoms with van der Waals surface area (Å²) in [4.78, 5) is 56.2. The highest BCUT2D eigenvalue weighted by Gasteiger charge is 2.32. The molecule has 2 atom stereocenters. The minimum Gasteiger partial charge on any atom is -0.344 e. The second-order valence-electron chi connectivity index (χ2n) is 11.5. The molecule has 4 rings (SSSR count). The molecular formula is C31H45N7O4. The number of piperazine rings is 1. The molecule has 1 saturated carbocycles. The number of carbonyl (C=O) groups excluding carboxylic acids is 4. The van der Waals surface area contributed by atoms with Crippen LogP contribution < -0.4 is 16.0 Å². The van der Waals surface area contributed by atoms with Crippen molar-refractivity contribution >= 4 is 29.3 Å². The molecule has 0 spiro atoms. The highest BCUT2D eigenvalue weighted by Crippen LogP contribution is 2.27. The van der Waals surface area contributed by atoms with E-state index in [1.54, 1.807) is 38.4 Å². The first-order chi connectivity index (χ1) is 20.2. The van der Waals surface area contributed by atoms with Crippen LogP contribution in [0, 0.1) is 5.92 Å². The van der Waals surface area contributed by atoms with Crippen LogP contribution in [0.5, 0.6) is 0 Å². The number of aromatic nitrogens is 2. The summed E-state index contributed by atoms with van der Waals surface area (Å²) in [6.07, 6.45) is 8.34. The average molecular weight is 580 g/mol. The van der Waals surface area contributed by atoms with Crippen molar-refractivity contribution in [3.8, 4) is 0 Å². The van der Waals surface area contributed by atoms with Gasteiger partial charge in [-0.2, -0.15) is 5.10 Å². The summed E-state index contributed by atoms with van der Waals surface area (Å²) in [5.74, 6) is -0.752. The lowest BCUT2D eigenvalue weighted by Crippen LogP contribution is -2.54. The van der Waals surface area contributed by atoms with Crippen molar-refractivity contribution in [1.29, 1.82) is 0 Å². The van der Waals surface area contributed by atoms with Gasteiger partial charge in [0.1, 0.15) is 17.8 Å². The first kappa shape index (κ1) is 31.2. The van der Waals surface area contributed by atoms with Crippen molar-refractivity contribution in [1.82, 2.24) is 30.2 Å². The molecule has 1 saturated heterocycles. The van der Waals surface area contributed by atoms with E-state index >= 15 is 0 Å². The van der Waals surface area contributed by atoms with Gasteiger partial charge in [-0.1, -0.05) is 44.7 Å². The molecule has 1 aliphatic heterocycles. The van der Waals surface area contributed by atoms with E-state index in [2.05, 4.69) is 25.9 Å². The van der Waals surface area contributed by atoms with Gasteiger partial charge < -0.3 is 25.8 Å². The predicted octanol–water partition coefficient (Wildman–Crippen LogP) is 2.34. The first-order valence-electron chi connectivity index (χ1n) is 15.2. The minimum atomic E-state index is -0.667. The summed E-state index contributed by atoms with van der Waals surface area (Å²) >= 11 is 0. The van der Waals surface area contributed by atoms with Crippen LogP contribution in [0.25, 0.3) is 0 Å². The van der Waals surface area contributed by atoms with E-state index in [-0.39, 0.29) is 29.5 Å². The largest absolute Gasteiger partial charge is 0.344 e. The average Bonchev–Trinajstić information content (AvgIpc) is 3.24. The molecule has 2 fully saturated rings. The van der Waals surface area contributed by atoms with Crippen LogP contribution in [0.15, 0.2) is 36.5 Å². The molecule has 0 radical (unpaired) electrons. The number of benzene rings is 1. The predicted molar refractivity (Wildman–Crippen MR) is 161 cm³/mol. The standard InChI is InChI=1S/C31H45N7O4/c1-4-27(39)34-25(31(42)38-19-17-36(2)18-20-38)21-22-11-13-24(14-12-22)33-30(41)28(23-9-7-5-6-8-10-23)35-29(40)26-15-16-32-37(26)3/h11-16,23,25,28H,4-10,17-21H2,1-3H3,(H,33,41)(H,34,39)(H,35,40)/t25-,28+/m1/s1. The summed E-state index contributed by atoms with van der Waals surface area (Å²) in [5.41, 5.74) is 1.89. The fourth-order valence-electron chi connectivity index (χ4n) is 5.78. The smallest absolute Gasteiger partial charge is 0.270 e. The fourth-order valence-corrected chi connectivity index (χ4v) is 5.78. The molecular weight excluding hydrogens is 534 g/mol. The molecule has 11 heteroatoms. The Kier molecular flexibility index (Phi) is 11.1. The Morgan fingerprint density at radius 1 is 0.905 bits per heavy atom. The highest BCUT2D eigenvalue weighted by molar-refractivity contribution is 6.00. The Labute approximate surface area is 248 Å². The Morgan fingerprint density at radius 2 is 1.57 bits per heavy atom. The number of anilines is 1. The summed E-state index contributed by atoms with van der Waals surface area (Å²) in [6.45, 7) is 4.65. The van der Waals surface area contributed by atoms with E-state index in [1.807, 2.05) is 24.1 Å². The second kappa shape index (κ2) is 14.9. The molecule has 3 N–H and O–H groups in total. The Morgan fingerprint density at radius 3 is 2.17 bits per heavy atom. The molecule has 0 bridgehead atoms. The van der Waals surface area contributed by atoms with Crippen LogP contribution in [0.1, 0.15) is 67.9 Å². The van der Waals surface area contributed by atoms with Crippen molar-refractivity contribution in [2.75, 3.05) is 38.5 Å². The van der Waals surface area contributed by atoms with Crippen LogP contribution in [0.4, 0.5) is 5.69 Å². The molecule has 2 aliphatic rings. The number of hydrogen-bond acceptors (Lipinski definition) is 6. The van der Waals surface area contributed by atoms with Gasteiger partial charge in [-0.15, -0.1) is 0 Å². The van der Waals surface area contributed by atoms with Gasteiger partial charge >= 0.3 is 0 Å². The number of nitrogens with one attached hydrogen (secondary N) is 3. The summed E-state index contributed by atoms with van der Waals surface area (Å²) in [7, 11) is 3.74. The third kappa shape index (κ3) is 8.40. The van der Waals surface area contributed by atoms with Gasteiger partial charge in [0.05, 0.1) is 0 Å². The summed E-state index contributed by atoms with van der Waals surface area (Å²) in [6, 6.07) is 7.67. The van der Waals surface area contributed by atoms with Crippen molar-refractivity contribution in [2.24, 2.45) is 13.0 Å². The molecule has 2 aromatic rings. The first-order valence-corrected chi connectivity index (χ1v) is 15.2. The molecule has 228 valence electrons. The topological polar surface area (TPSA) is 129 Å². The van der Waals surface area contributed by atoms with Gasteiger partial charge in [0.2, 0.25) is 17.7 Å². The van der Waals surface area contributed by atoms with Crippen molar-refractivity contribution in [2.45, 2.75) is 70.4 Å². The number of aryl methyl sites for hydroxylation is 1. The number of amides is 4. The maximum atomic E-state index is 13.6. The molecule has 1 aliphatic carbocycles. The van der Waals surface area contributed by atoms with Crippen LogP contribution in [0.2, 0.25) is 0 Å². The van der Waals surface area contributed by atoms with E-state index in [4.69, 9.17) is 0 Å². The molecule has 1 aromatic heterocycles. The highest BCUT2D eigenvalue weighted by atomic mass is 16.2. The van der Waals surface area contributed by atoms with E-state index < -0.39 is 12.1 Å². The number of rotatable bonds is 10. The Balaban J connectivity index is 1.43. The number of nitrogens with zero attached hydrogens (tertiary/aromatic N) is 4. The van der Waals surface area contributed by atoms with Gasteiger partial charge in [0, 0.05) is 58.0 Å². The Hall–Kier alpha value is -3.73. The van der Waals surface area contributed by atoms with E-state index in [0.29, 0.717) is 37.3 Å². The zero-order chi connectivity index (χ0) is 30.1. The van der Waals surface area contributed by atoms with Gasteiger partial charge in [0.15, 0.2) is 0 Å². The maximum absolute atomic E-state index is 13.6. The van der Waals surface area contributed by atoms with Crippen molar-refractivity contribution in [3.05, 3.63) is 47.8 Å². The van der Waals surface area contributed by atoms with Crippen LogP contribution >= 0.6 is 0 Å². The van der Waals surface area contributed by atoms with Gasteiger partial charge in [-0.3, -0.25) is 23.9 Å². The molecule has 4 amide bonds. The molecule has 11 nitrogen and oxygen atoms in total. The van der Waals surface area contributed by atoms with Crippen LogP contribution in [-0.4, -0.2) is 88.5 Å². The zero-order valence-corrected chi connectivity index (χ0v) is 25.1. The lowest BCUT2D eigenvalue weighted by Gasteiger charge is -2.34. The number of likely N-dealkylation sites (N-methyl/N-ethyl adjacent to an activating group) is 1. The second-order valence-corrected chi connectivity index (χ2v) is 11.5. The molecule has 42 heavy (non-hydrogen) atoms. The molecule has 0 unspecified atom stereocenters. The number of hydrogen-bond donors (Lipinski definition) is 3. The van der Waals surface area contributed by atoms with Crippen LogP contribution in [-0.2, 0) is 27.9 Å². The van der Waals surface area contributed by atoms with E-state index in [1.165, 1.54) is 4.68 Å². The fraction of sp³-hybridized carbons (Fsp3) is 0.581. The third-order valence-electron chi connectivity index (χ3n) is 8.42. The number of carbonyl (C=O) groups is 4. The lowest BCUT2D eigenvalue weighted by atomic mass is 9.91. The molecule has 1 aromatic carbocycles. The Bertz CT molecular complexity index is 1210. The maximum Gasteiger partial charge on any atom is 0.270 e. The monoisotopic (exact) mass is 579 g/mol. The van der Waals surface area contributed by atoms with Gasteiger partial charge in [-0.05, 0) is 49.6 Å². The molecule has 2 heterocycles. The van der Waals surface area contributed by atoms with Crippen molar-refractivity contribution in [3.63, 3.8) is 0 Å².